The molecule has 0 aliphatic heterocycles. The van der Waals surface area contributed by atoms with E-state index in [9.17, 15) is 4.79 Å². The Kier molecular flexibility index (Phi) is 6.07. The number of hydrogen-bond donors (Lipinski definition) is 0. The summed E-state index contributed by atoms with van der Waals surface area (Å²) in [5.41, 5.74) is 3.08. The van der Waals surface area contributed by atoms with Gasteiger partial charge in [-0.1, -0.05) is 12.1 Å². The summed E-state index contributed by atoms with van der Waals surface area (Å²) in [5.74, 6) is 1.67. The third-order valence-corrected chi connectivity index (χ3v) is 4.24. The van der Waals surface area contributed by atoms with Crippen molar-refractivity contribution in [2.75, 3.05) is 13.7 Å². The van der Waals surface area contributed by atoms with E-state index in [4.69, 9.17) is 14.4 Å². The molecule has 2 aromatic carbocycles. The lowest BCUT2D eigenvalue weighted by Crippen LogP contribution is -2.06. The molecule has 1 heterocycles. The van der Waals surface area contributed by atoms with Gasteiger partial charge in [-0.3, -0.25) is 4.79 Å². The number of ether oxygens (including phenoxy) is 2. The monoisotopic (exact) mass is 376 g/mol. The van der Waals surface area contributed by atoms with Gasteiger partial charge in [0.05, 0.1) is 37.5 Å². The topological polar surface area (TPSA) is 85.4 Å². The maximum atomic E-state index is 11.4. The summed E-state index contributed by atoms with van der Waals surface area (Å²) in [6.45, 7) is 2.30. The number of carbonyl (C=O) groups is 1. The van der Waals surface area contributed by atoms with Gasteiger partial charge in [0.15, 0.2) is 0 Å². The number of esters is 1. The first kappa shape index (κ1) is 19.2. The number of benzene rings is 2. The van der Waals surface area contributed by atoms with Crippen molar-refractivity contribution in [1.29, 1.82) is 5.26 Å². The molecule has 28 heavy (non-hydrogen) atoms. The molecule has 0 radical (unpaired) electrons. The maximum absolute atomic E-state index is 11.4. The summed E-state index contributed by atoms with van der Waals surface area (Å²) < 4.78 is 16.2. The Balaban J connectivity index is 1.61. The molecule has 0 saturated heterocycles. The normalized spacial score (nSPS) is 10.3. The van der Waals surface area contributed by atoms with Crippen LogP contribution in [-0.4, -0.2) is 24.7 Å². The van der Waals surface area contributed by atoms with Gasteiger partial charge in [0.1, 0.15) is 11.5 Å². The van der Waals surface area contributed by atoms with Gasteiger partial charge < -0.3 is 13.9 Å². The Morgan fingerprint density at radius 1 is 1.21 bits per heavy atom. The van der Waals surface area contributed by atoms with Crippen LogP contribution in [0.15, 0.2) is 52.9 Å². The lowest BCUT2D eigenvalue weighted by atomic mass is 10.1. The van der Waals surface area contributed by atoms with Gasteiger partial charge in [-0.2, -0.15) is 5.26 Å². The minimum Gasteiger partial charge on any atom is -0.493 e. The number of carbonyl (C=O) groups excluding carboxylic acids is 1. The fourth-order valence-corrected chi connectivity index (χ4v) is 2.72. The first-order chi connectivity index (χ1) is 13.6. The van der Waals surface area contributed by atoms with Crippen molar-refractivity contribution in [3.63, 3.8) is 0 Å². The highest BCUT2D eigenvalue weighted by molar-refractivity contribution is 5.72. The molecule has 0 aliphatic rings. The Labute approximate surface area is 163 Å². The van der Waals surface area contributed by atoms with Crippen LogP contribution in [0.4, 0.5) is 0 Å². The molecule has 0 unspecified atom stereocenters. The molecule has 1 aromatic heterocycles. The quantitative estimate of drug-likeness (QED) is 0.582. The highest BCUT2D eigenvalue weighted by atomic mass is 16.5. The smallest absolute Gasteiger partial charge is 0.309 e. The van der Waals surface area contributed by atoms with Crippen molar-refractivity contribution in [2.24, 2.45) is 0 Å². The number of nitrogens with zero attached hydrogens (tertiary/aromatic N) is 2. The number of aryl methyl sites for hydroxylation is 1. The largest absolute Gasteiger partial charge is 0.493 e. The Morgan fingerprint density at radius 3 is 2.71 bits per heavy atom. The highest BCUT2D eigenvalue weighted by Gasteiger charge is 2.12. The van der Waals surface area contributed by atoms with E-state index in [1.54, 1.807) is 12.1 Å². The summed E-state index contributed by atoms with van der Waals surface area (Å²) >= 11 is 0. The second-order valence-corrected chi connectivity index (χ2v) is 6.21. The van der Waals surface area contributed by atoms with Crippen LogP contribution in [0.2, 0.25) is 0 Å². The molecule has 0 spiro atoms. The van der Waals surface area contributed by atoms with Crippen LogP contribution >= 0.6 is 0 Å². The Morgan fingerprint density at radius 2 is 2.00 bits per heavy atom. The molecule has 0 fully saturated rings. The van der Waals surface area contributed by atoms with Gasteiger partial charge >= 0.3 is 5.97 Å². The van der Waals surface area contributed by atoms with Crippen LogP contribution < -0.4 is 4.74 Å². The highest BCUT2D eigenvalue weighted by Crippen LogP contribution is 2.23. The predicted octanol–water partition coefficient (Wildman–Crippen LogP) is 3.86. The fourth-order valence-electron chi connectivity index (χ4n) is 2.72. The van der Waals surface area contributed by atoms with Gasteiger partial charge in [0.25, 0.3) is 0 Å². The van der Waals surface area contributed by atoms with Crippen molar-refractivity contribution >= 4 is 5.97 Å². The minimum atomic E-state index is -0.286. The summed E-state index contributed by atoms with van der Waals surface area (Å²) in [6, 6.07) is 16.6. The van der Waals surface area contributed by atoms with Crippen molar-refractivity contribution < 1.29 is 18.7 Å². The van der Waals surface area contributed by atoms with Crippen molar-refractivity contribution in [1.82, 2.24) is 4.98 Å². The van der Waals surface area contributed by atoms with E-state index in [0.717, 1.165) is 22.6 Å². The van der Waals surface area contributed by atoms with Gasteiger partial charge in [-0.25, -0.2) is 4.98 Å². The van der Waals surface area contributed by atoms with E-state index < -0.39 is 0 Å². The van der Waals surface area contributed by atoms with Crippen molar-refractivity contribution in [2.45, 2.75) is 19.8 Å². The molecular weight excluding hydrogens is 356 g/mol. The van der Waals surface area contributed by atoms with Crippen LogP contribution in [-0.2, 0) is 22.4 Å². The molecule has 0 N–H and O–H groups in total. The molecule has 6 nitrogen and oxygen atoms in total. The third kappa shape index (κ3) is 4.77. The zero-order valence-electron chi connectivity index (χ0n) is 15.8. The zero-order valence-corrected chi connectivity index (χ0v) is 15.8. The van der Waals surface area contributed by atoms with Crippen LogP contribution in [0.25, 0.3) is 11.5 Å². The van der Waals surface area contributed by atoms with E-state index in [1.807, 2.05) is 43.3 Å². The molecule has 3 aromatic rings. The van der Waals surface area contributed by atoms with Gasteiger partial charge in [0, 0.05) is 12.0 Å². The second-order valence-electron chi connectivity index (χ2n) is 6.21. The molecule has 142 valence electrons. The summed E-state index contributed by atoms with van der Waals surface area (Å²) in [7, 11) is 1.37. The Hall–Kier alpha value is -3.59. The van der Waals surface area contributed by atoms with Crippen LogP contribution in [0.3, 0.4) is 0 Å². The average molecular weight is 376 g/mol. The third-order valence-electron chi connectivity index (χ3n) is 4.24. The number of oxazole rings is 1. The van der Waals surface area contributed by atoms with E-state index >= 15 is 0 Å². The van der Waals surface area contributed by atoms with E-state index in [-0.39, 0.29) is 12.4 Å². The lowest BCUT2D eigenvalue weighted by molar-refractivity contribution is -0.139. The molecule has 0 bridgehead atoms. The molecule has 6 heteroatoms. The van der Waals surface area contributed by atoms with Crippen molar-refractivity contribution in [3.8, 4) is 23.3 Å². The average Bonchev–Trinajstić information content (AvgIpc) is 3.09. The fraction of sp³-hybridized carbons (Fsp3) is 0.227. The van der Waals surface area contributed by atoms with Crippen LogP contribution in [0.1, 0.15) is 22.6 Å². The SMILES string of the molecule is COC(=O)Cc1cccc(OCCc2nc(-c3ccc(C#N)cc3)oc2C)c1. The predicted molar refractivity (Wildman–Crippen MR) is 103 cm³/mol. The summed E-state index contributed by atoms with van der Waals surface area (Å²) in [5, 5.41) is 8.89. The lowest BCUT2D eigenvalue weighted by Gasteiger charge is -2.07. The molecule has 3 rings (SSSR count). The van der Waals surface area contributed by atoms with Gasteiger partial charge in [-0.15, -0.1) is 0 Å². The first-order valence-electron chi connectivity index (χ1n) is 8.84. The number of nitriles is 1. The molecular formula is C22H20N2O4. The Bertz CT molecular complexity index is 1000. The van der Waals surface area contributed by atoms with E-state index in [2.05, 4.69) is 15.8 Å². The minimum absolute atomic E-state index is 0.212. The van der Waals surface area contributed by atoms with Crippen molar-refractivity contribution in [3.05, 3.63) is 71.1 Å². The summed E-state index contributed by atoms with van der Waals surface area (Å²) in [4.78, 5) is 15.9. The van der Waals surface area contributed by atoms with Gasteiger partial charge in [0.2, 0.25) is 5.89 Å². The van der Waals surface area contributed by atoms with Crippen LogP contribution in [0, 0.1) is 18.3 Å². The van der Waals surface area contributed by atoms with E-state index in [1.165, 1.54) is 7.11 Å². The number of rotatable bonds is 7. The molecule has 0 amide bonds. The van der Waals surface area contributed by atoms with E-state index in [0.29, 0.717) is 30.2 Å². The number of hydrogen-bond acceptors (Lipinski definition) is 6. The second kappa shape index (κ2) is 8.87. The molecule has 0 aliphatic carbocycles. The number of methoxy groups -OCH3 is 1. The maximum Gasteiger partial charge on any atom is 0.309 e. The first-order valence-corrected chi connectivity index (χ1v) is 8.84. The standard InChI is InChI=1S/C22H20N2O4/c1-15-20(24-22(28-15)18-8-6-16(14-23)7-9-18)10-11-27-19-5-3-4-17(12-19)13-21(25)26-2/h3-9,12H,10-11,13H2,1-2H3. The molecule has 0 saturated carbocycles. The zero-order chi connectivity index (χ0) is 19.9. The van der Waals surface area contributed by atoms with Gasteiger partial charge in [-0.05, 0) is 48.9 Å². The van der Waals surface area contributed by atoms with Crippen LogP contribution in [0.5, 0.6) is 5.75 Å². The summed E-state index contributed by atoms with van der Waals surface area (Å²) in [6.07, 6.45) is 0.802. The number of aromatic nitrogens is 1. The molecule has 0 atom stereocenters.